The zero-order valence-corrected chi connectivity index (χ0v) is 14.8. The molecule has 3 aliphatic rings. The van der Waals surface area contributed by atoms with Gasteiger partial charge in [-0.05, 0) is 51.3 Å². The first-order valence-electron chi connectivity index (χ1n) is 8.75. The Morgan fingerprint density at radius 2 is 2.08 bits per heavy atom. The number of carbonyl (C=O) groups is 2. The van der Waals surface area contributed by atoms with Crippen LogP contribution in [0.3, 0.4) is 0 Å². The van der Waals surface area contributed by atoms with Crippen molar-refractivity contribution in [3.63, 3.8) is 0 Å². The molecule has 0 radical (unpaired) electrons. The van der Waals surface area contributed by atoms with Crippen LogP contribution in [0.25, 0.3) is 0 Å². The third-order valence-corrected chi connectivity index (χ3v) is 4.90. The van der Waals surface area contributed by atoms with E-state index < -0.39 is 5.60 Å². The summed E-state index contributed by atoms with van der Waals surface area (Å²) in [5, 5.41) is 0. The lowest BCUT2D eigenvalue weighted by atomic mass is 10.1. The predicted octanol–water partition coefficient (Wildman–Crippen LogP) is 2.99. The molecular formula is C19H23NO5. The molecule has 1 aromatic rings. The molecule has 1 saturated carbocycles. The number of rotatable bonds is 2. The first-order chi connectivity index (χ1) is 11.8. The number of likely N-dealkylation sites (tertiary alicyclic amines) is 1. The third kappa shape index (κ3) is 3.30. The van der Waals surface area contributed by atoms with Crippen LogP contribution in [0.15, 0.2) is 18.2 Å². The van der Waals surface area contributed by atoms with Gasteiger partial charge in [0.25, 0.3) is 0 Å². The van der Waals surface area contributed by atoms with Gasteiger partial charge in [0.1, 0.15) is 24.1 Å². The van der Waals surface area contributed by atoms with Gasteiger partial charge in [-0.25, -0.2) is 9.59 Å². The molecule has 1 amide bonds. The molecule has 2 heterocycles. The fourth-order valence-electron chi connectivity index (χ4n) is 3.60. The predicted molar refractivity (Wildman–Crippen MR) is 89.4 cm³/mol. The van der Waals surface area contributed by atoms with E-state index in [1.54, 1.807) is 17.0 Å². The van der Waals surface area contributed by atoms with Gasteiger partial charge >= 0.3 is 12.1 Å². The lowest BCUT2D eigenvalue weighted by Gasteiger charge is -2.34. The van der Waals surface area contributed by atoms with Crippen molar-refractivity contribution in [2.75, 3.05) is 13.1 Å². The molecule has 1 aromatic carbocycles. The summed E-state index contributed by atoms with van der Waals surface area (Å²) in [5.74, 6) is 1.42. The van der Waals surface area contributed by atoms with Crippen molar-refractivity contribution in [2.24, 2.45) is 11.8 Å². The van der Waals surface area contributed by atoms with E-state index in [9.17, 15) is 9.59 Å². The average molecular weight is 345 g/mol. The first-order valence-corrected chi connectivity index (χ1v) is 8.75. The van der Waals surface area contributed by atoms with Gasteiger partial charge in [0.15, 0.2) is 0 Å². The molecule has 1 aliphatic carbocycles. The highest BCUT2D eigenvalue weighted by atomic mass is 16.6. The molecule has 4 rings (SSSR count). The SMILES string of the molecule is CC(C)(C)OC(=O)N1C[C@H]2C[C@H]2[C@@H](Oc2ccc3c(c2)COC3=O)C1. The monoisotopic (exact) mass is 345 g/mol. The van der Waals surface area contributed by atoms with Crippen molar-refractivity contribution in [1.82, 2.24) is 4.90 Å². The molecule has 0 spiro atoms. The van der Waals surface area contributed by atoms with Crippen LogP contribution in [0, 0.1) is 11.8 Å². The molecule has 1 saturated heterocycles. The third-order valence-electron chi connectivity index (χ3n) is 4.90. The van der Waals surface area contributed by atoms with Crippen molar-refractivity contribution in [3.05, 3.63) is 29.3 Å². The van der Waals surface area contributed by atoms with Gasteiger partial charge in [-0.1, -0.05) is 0 Å². The number of nitrogens with zero attached hydrogens (tertiary/aromatic N) is 1. The quantitative estimate of drug-likeness (QED) is 0.771. The summed E-state index contributed by atoms with van der Waals surface area (Å²) in [6, 6.07) is 5.41. The molecule has 0 aromatic heterocycles. The topological polar surface area (TPSA) is 65.1 Å². The van der Waals surface area contributed by atoms with Crippen LogP contribution in [-0.2, 0) is 16.1 Å². The Labute approximate surface area is 147 Å². The van der Waals surface area contributed by atoms with Crippen molar-refractivity contribution in [3.8, 4) is 5.75 Å². The Balaban J connectivity index is 1.44. The van der Waals surface area contributed by atoms with Gasteiger partial charge in [0, 0.05) is 18.0 Å². The summed E-state index contributed by atoms with van der Waals surface area (Å²) in [4.78, 5) is 25.6. The van der Waals surface area contributed by atoms with E-state index in [1.165, 1.54) is 0 Å². The summed E-state index contributed by atoms with van der Waals surface area (Å²) < 4.78 is 16.7. The van der Waals surface area contributed by atoms with Crippen molar-refractivity contribution >= 4 is 12.1 Å². The van der Waals surface area contributed by atoms with Gasteiger partial charge in [-0.15, -0.1) is 0 Å². The Morgan fingerprint density at radius 3 is 2.84 bits per heavy atom. The number of piperidine rings is 1. The highest BCUT2D eigenvalue weighted by molar-refractivity contribution is 5.93. The maximum atomic E-state index is 12.4. The first kappa shape index (κ1) is 16.2. The van der Waals surface area contributed by atoms with Crippen LogP contribution >= 0.6 is 0 Å². The van der Waals surface area contributed by atoms with Crippen molar-refractivity contribution in [2.45, 2.75) is 45.5 Å². The summed E-state index contributed by atoms with van der Waals surface area (Å²) in [6.07, 6.45) is 0.762. The fraction of sp³-hybridized carbons (Fsp3) is 0.579. The van der Waals surface area contributed by atoms with Crippen LogP contribution in [0.2, 0.25) is 0 Å². The zero-order chi connectivity index (χ0) is 17.8. The Morgan fingerprint density at radius 1 is 1.28 bits per heavy atom. The zero-order valence-electron chi connectivity index (χ0n) is 14.8. The molecule has 2 fully saturated rings. The summed E-state index contributed by atoms with van der Waals surface area (Å²) in [5.41, 5.74) is 0.964. The molecule has 2 aliphatic heterocycles. The highest BCUT2D eigenvalue weighted by Gasteiger charge is 2.51. The lowest BCUT2D eigenvalue weighted by Crippen LogP contribution is -2.47. The molecule has 6 nitrogen and oxygen atoms in total. The Bertz CT molecular complexity index is 723. The van der Waals surface area contributed by atoms with Gasteiger partial charge in [0.2, 0.25) is 0 Å². The molecule has 3 atom stereocenters. The summed E-state index contributed by atoms with van der Waals surface area (Å²) in [7, 11) is 0. The molecule has 0 unspecified atom stereocenters. The van der Waals surface area contributed by atoms with E-state index in [0.29, 0.717) is 30.6 Å². The normalized spacial score (nSPS) is 27.2. The van der Waals surface area contributed by atoms with Crippen LogP contribution in [-0.4, -0.2) is 41.8 Å². The minimum Gasteiger partial charge on any atom is -0.488 e. The molecule has 0 N–H and O–H groups in total. The van der Waals surface area contributed by atoms with Crippen molar-refractivity contribution in [1.29, 1.82) is 0 Å². The van der Waals surface area contributed by atoms with Gasteiger partial charge in [-0.2, -0.15) is 0 Å². The number of fused-ring (bicyclic) bond motifs is 2. The smallest absolute Gasteiger partial charge is 0.410 e. The van der Waals surface area contributed by atoms with Crippen LogP contribution in [0.5, 0.6) is 5.75 Å². The van der Waals surface area contributed by atoms with Crippen molar-refractivity contribution < 1.29 is 23.8 Å². The van der Waals surface area contributed by atoms with E-state index >= 15 is 0 Å². The van der Waals surface area contributed by atoms with Gasteiger partial charge < -0.3 is 19.1 Å². The second-order valence-corrected chi connectivity index (χ2v) is 8.10. The number of cyclic esters (lactones) is 1. The van der Waals surface area contributed by atoms with Crippen LogP contribution in [0.1, 0.15) is 43.1 Å². The fourth-order valence-corrected chi connectivity index (χ4v) is 3.60. The average Bonchev–Trinajstić information content (AvgIpc) is 3.23. The Hall–Kier alpha value is -2.24. The summed E-state index contributed by atoms with van der Waals surface area (Å²) in [6.45, 7) is 7.19. The van der Waals surface area contributed by atoms with Gasteiger partial charge in [-0.3, -0.25) is 0 Å². The number of benzene rings is 1. The lowest BCUT2D eigenvalue weighted by molar-refractivity contribution is 0.00567. The molecule has 0 bridgehead atoms. The number of hydrogen-bond donors (Lipinski definition) is 0. The number of esters is 1. The second kappa shape index (κ2) is 5.64. The van der Waals surface area contributed by atoms with Gasteiger partial charge in [0.05, 0.1) is 12.1 Å². The minimum absolute atomic E-state index is 0.0395. The number of ether oxygens (including phenoxy) is 3. The highest BCUT2D eigenvalue weighted by Crippen LogP contribution is 2.46. The van der Waals surface area contributed by atoms with E-state index in [-0.39, 0.29) is 18.2 Å². The standard InChI is InChI=1S/C19H23NO5/c1-19(2,3)25-18(22)20-8-11-7-15(11)16(9-20)24-13-4-5-14-12(6-13)10-23-17(14)21/h4-6,11,15-16H,7-10H2,1-3H3/t11-,15-,16+/m1/s1. The molecule has 134 valence electrons. The van der Waals surface area contributed by atoms with E-state index in [0.717, 1.165) is 24.3 Å². The maximum Gasteiger partial charge on any atom is 0.410 e. The number of hydrogen-bond acceptors (Lipinski definition) is 5. The number of carbonyl (C=O) groups excluding carboxylic acids is 2. The minimum atomic E-state index is -0.500. The largest absolute Gasteiger partial charge is 0.488 e. The summed E-state index contributed by atoms with van der Waals surface area (Å²) >= 11 is 0. The van der Waals surface area contributed by atoms with Crippen LogP contribution in [0.4, 0.5) is 4.79 Å². The Kier molecular flexibility index (Phi) is 3.67. The maximum absolute atomic E-state index is 12.4. The number of amides is 1. The van der Waals surface area contributed by atoms with E-state index in [1.807, 2.05) is 26.8 Å². The molecular weight excluding hydrogens is 322 g/mol. The second-order valence-electron chi connectivity index (χ2n) is 8.10. The van der Waals surface area contributed by atoms with Crippen LogP contribution < -0.4 is 4.74 Å². The molecule has 6 heteroatoms. The van der Waals surface area contributed by atoms with E-state index in [2.05, 4.69) is 0 Å². The van der Waals surface area contributed by atoms with E-state index in [4.69, 9.17) is 14.2 Å². The molecule has 25 heavy (non-hydrogen) atoms.